The number of nitro groups is 1. The molecule has 11 heteroatoms. The summed E-state index contributed by atoms with van der Waals surface area (Å²) >= 11 is 0. The van der Waals surface area contributed by atoms with Crippen molar-refractivity contribution < 1.29 is 34.3 Å². The number of carboxylic acids is 2. The van der Waals surface area contributed by atoms with Crippen LogP contribution >= 0.6 is 0 Å². The quantitative estimate of drug-likeness (QED) is 0.0753. The van der Waals surface area contributed by atoms with Crippen molar-refractivity contribution in [3.05, 3.63) is 69.4 Å². The van der Waals surface area contributed by atoms with Crippen LogP contribution in [0.5, 0.6) is 5.75 Å². The number of hydrogen-bond acceptors (Lipinski definition) is 7. The van der Waals surface area contributed by atoms with Crippen molar-refractivity contribution in [1.29, 1.82) is 0 Å². The lowest BCUT2D eigenvalue weighted by molar-refractivity contribution is -0.383. The molecule has 2 N–H and O–H groups in total. The number of aryl methyl sites for hydroxylation is 1. The van der Waals surface area contributed by atoms with Gasteiger partial charge in [0.25, 0.3) is 5.69 Å². The average molecular weight is 584 g/mol. The molecule has 11 nitrogen and oxygen atoms in total. The van der Waals surface area contributed by atoms with Gasteiger partial charge in [-0.2, -0.15) is 0 Å². The number of benzene rings is 2. The molecule has 0 aliphatic rings. The fraction of sp³-hybridized carbons (Fsp3) is 0.452. The summed E-state index contributed by atoms with van der Waals surface area (Å²) in [4.78, 5) is 45.6. The molecular weight excluding hydrogens is 542 g/mol. The summed E-state index contributed by atoms with van der Waals surface area (Å²) in [5.74, 6) is -3.13. The molecule has 2 aromatic carbocycles. The van der Waals surface area contributed by atoms with E-state index in [9.17, 15) is 14.9 Å². The van der Waals surface area contributed by atoms with Gasteiger partial charge >= 0.3 is 11.9 Å². The van der Waals surface area contributed by atoms with Gasteiger partial charge in [0.2, 0.25) is 0 Å². The largest absolute Gasteiger partial charge is 0.494 e. The molecule has 0 amide bonds. The highest BCUT2D eigenvalue weighted by Crippen LogP contribution is 2.35. The topological polar surface area (TPSA) is 152 Å². The van der Waals surface area contributed by atoms with Crippen molar-refractivity contribution in [1.82, 2.24) is 9.47 Å². The van der Waals surface area contributed by atoms with E-state index in [1.54, 1.807) is 18.2 Å². The van der Waals surface area contributed by atoms with E-state index in [2.05, 4.69) is 18.7 Å². The number of nitro benzene ring substituents is 1. The minimum Gasteiger partial charge on any atom is -0.494 e. The highest BCUT2D eigenvalue weighted by atomic mass is 16.6. The zero-order valence-corrected chi connectivity index (χ0v) is 24.8. The highest BCUT2D eigenvalue weighted by Gasteiger charge is 2.27. The Balaban J connectivity index is 0.000000928. The number of carboxylic acid groups (broad SMARTS) is 2. The van der Waals surface area contributed by atoms with E-state index in [-0.39, 0.29) is 11.5 Å². The van der Waals surface area contributed by atoms with Gasteiger partial charge in [-0.3, -0.25) is 14.9 Å². The Hall–Kier alpha value is -4.25. The number of ether oxygens (including phenoxy) is 1. The fourth-order valence-corrected chi connectivity index (χ4v) is 4.76. The summed E-state index contributed by atoms with van der Waals surface area (Å²) in [7, 11) is 1.85. The number of aliphatic carboxylic acids is 2. The zero-order chi connectivity index (χ0) is 31.2. The second kappa shape index (κ2) is 16.9. The molecule has 0 unspecified atom stereocenters. The Labute approximate surface area is 245 Å². The second-order valence-corrected chi connectivity index (χ2v) is 9.88. The van der Waals surface area contributed by atoms with Gasteiger partial charge in [-0.15, -0.1) is 0 Å². The van der Waals surface area contributed by atoms with Crippen LogP contribution in [-0.2, 0) is 23.1 Å². The summed E-state index contributed by atoms with van der Waals surface area (Å²) < 4.78 is 7.83. The third-order valence-electron chi connectivity index (χ3n) is 6.93. The van der Waals surface area contributed by atoms with Gasteiger partial charge in [0.15, 0.2) is 5.78 Å². The monoisotopic (exact) mass is 583 g/mol. The van der Waals surface area contributed by atoms with E-state index in [1.165, 1.54) is 31.7 Å². The van der Waals surface area contributed by atoms with Crippen LogP contribution in [0.3, 0.4) is 0 Å². The number of nitrogens with zero attached hydrogens (tertiary/aromatic N) is 3. The van der Waals surface area contributed by atoms with Crippen LogP contribution in [0.1, 0.15) is 74.5 Å². The van der Waals surface area contributed by atoms with Gasteiger partial charge in [-0.05, 0) is 69.1 Å². The predicted octanol–water partition coefficient (Wildman–Crippen LogP) is 5.71. The molecule has 1 heterocycles. The van der Waals surface area contributed by atoms with Crippen LogP contribution in [-0.4, -0.2) is 68.6 Å². The Morgan fingerprint density at radius 1 is 0.905 bits per heavy atom. The molecule has 0 atom stereocenters. The minimum atomic E-state index is -1.82. The molecule has 228 valence electrons. The first kappa shape index (κ1) is 34.0. The van der Waals surface area contributed by atoms with Gasteiger partial charge in [0.05, 0.1) is 28.0 Å². The molecule has 0 radical (unpaired) electrons. The lowest BCUT2D eigenvalue weighted by Gasteiger charge is -2.21. The second-order valence-electron chi connectivity index (χ2n) is 9.88. The van der Waals surface area contributed by atoms with Gasteiger partial charge < -0.3 is 24.4 Å². The van der Waals surface area contributed by atoms with Crippen molar-refractivity contribution in [2.75, 3.05) is 26.2 Å². The number of rotatable bonds is 15. The van der Waals surface area contributed by atoms with Crippen molar-refractivity contribution in [2.45, 2.75) is 59.3 Å². The standard InChI is InChI=1S/C29H39N3O4.C2H2O4/c1-5-8-18-31(19-9-6-2)20-11-21-36-23-16-14-22(15-17-23)29(33)28-24(7-3)30(4)25-12-10-13-26(27(25)28)32(34)35;3-1(4)2(5)6/h10,12-17H,5-9,11,18-21H2,1-4H3;(H,3,4)(H,5,6). The molecule has 3 aromatic rings. The van der Waals surface area contributed by atoms with Crippen LogP contribution in [0.4, 0.5) is 5.69 Å². The molecular formula is C31H41N3O8. The molecule has 0 fully saturated rings. The Morgan fingerprint density at radius 3 is 1.98 bits per heavy atom. The van der Waals surface area contributed by atoms with Gasteiger partial charge in [-0.25, -0.2) is 9.59 Å². The molecule has 0 aliphatic heterocycles. The zero-order valence-electron chi connectivity index (χ0n) is 24.8. The van der Waals surface area contributed by atoms with Gasteiger partial charge in [0, 0.05) is 30.9 Å². The number of non-ortho nitro benzene ring substituents is 1. The maximum Gasteiger partial charge on any atom is 0.414 e. The lowest BCUT2D eigenvalue weighted by Crippen LogP contribution is -2.28. The number of aromatic nitrogens is 1. The number of carbonyl (C=O) groups is 3. The molecule has 0 saturated carbocycles. The van der Waals surface area contributed by atoms with E-state index in [0.717, 1.165) is 37.5 Å². The number of unbranched alkanes of at least 4 members (excludes halogenated alkanes) is 2. The summed E-state index contributed by atoms with van der Waals surface area (Å²) in [6, 6.07) is 12.1. The third-order valence-corrected chi connectivity index (χ3v) is 6.93. The summed E-state index contributed by atoms with van der Waals surface area (Å²) in [5, 5.41) is 26.9. The van der Waals surface area contributed by atoms with Crippen molar-refractivity contribution in [3.8, 4) is 5.75 Å². The van der Waals surface area contributed by atoms with E-state index in [4.69, 9.17) is 24.5 Å². The van der Waals surface area contributed by atoms with Crippen molar-refractivity contribution in [2.24, 2.45) is 7.05 Å². The normalized spacial score (nSPS) is 10.8. The van der Waals surface area contributed by atoms with E-state index in [1.807, 2.05) is 36.7 Å². The maximum absolute atomic E-state index is 13.6. The van der Waals surface area contributed by atoms with Crippen LogP contribution in [0.15, 0.2) is 42.5 Å². The van der Waals surface area contributed by atoms with Crippen LogP contribution in [0, 0.1) is 10.1 Å². The van der Waals surface area contributed by atoms with E-state index >= 15 is 0 Å². The number of fused-ring (bicyclic) bond motifs is 1. The Bertz CT molecular complexity index is 1340. The summed E-state index contributed by atoms with van der Waals surface area (Å²) in [6.45, 7) is 10.3. The first-order valence-corrected chi connectivity index (χ1v) is 14.3. The smallest absolute Gasteiger partial charge is 0.414 e. The van der Waals surface area contributed by atoms with E-state index in [0.29, 0.717) is 35.1 Å². The molecule has 0 saturated heterocycles. The predicted molar refractivity (Wildman–Crippen MR) is 160 cm³/mol. The number of carbonyl (C=O) groups excluding carboxylic acids is 1. The third kappa shape index (κ3) is 9.13. The summed E-state index contributed by atoms with van der Waals surface area (Å²) in [6.07, 6.45) is 6.40. The molecule has 1 aromatic heterocycles. The maximum atomic E-state index is 13.6. The summed E-state index contributed by atoms with van der Waals surface area (Å²) in [5.41, 5.74) is 2.35. The van der Waals surface area contributed by atoms with Crippen LogP contribution in [0.25, 0.3) is 10.9 Å². The SMILES string of the molecule is CCCCN(CCCC)CCCOc1ccc(C(=O)c2c(CC)n(C)c3cccc([N+](=O)[O-])c23)cc1.O=C(O)C(=O)O. The van der Waals surface area contributed by atoms with Crippen molar-refractivity contribution >= 4 is 34.3 Å². The minimum absolute atomic E-state index is 0.0435. The first-order chi connectivity index (χ1) is 20.1. The molecule has 0 aliphatic carbocycles. The van der Waals surface area contributed by atoms with Gasteiger partial charge in [-0.1, -0.05) is 39.7 Å². The van der Waals surface area contributed by atoms with Crippen LogP contribution < -0.4 is 4.74 Å². The number of hydrogen-bond donors (Lipinski definition) is 2. The molecule has 3 rings (SSSR count). The Morgan fingerprint density at radius 2 is 1.48 bits per heavy atom. The van der Waals surface area contributed by atoms with Crippen LogP contribution in [0.2, 0.25) is 0 Å². The van der Waals surface area contributed by atoms with E-state index < -0.39 is 16.9 Å². The van der Waals surface area contributed by atoms with Crippen molar-refractivity contribution in [3.63, 3.8) is 0 Å². The Kier molecular flexibility index (Phi) is 13.6. The molecule has 0 spiro atoms. The highest BCUT2D eigenvalue weighted by molar-refractivity contribution is 6.27. The lowest BCUT2D eigenvalue weighted by atomic mass is 9.98. The fourth-order valence-electron chi connectivity index (χ4n) is 4.76. The number of ketones is 1. The molecule has 0 bridgehead atoms. The average Bonchev–Trinajstić information content (AvgIpc) is 3.27. The first-order valence-electron chi connectivity index (χ1n) is 14.3. The van der Waals surface area contributed by atoms with Gasteiger partial charge in [0.1, 0.15) is 5.75 Å². The molecule has 42 heavy (non-hydrogen) atoms.